The average Bonchev–Trinajstić information content (AvgIpc) is 2.68. The zero-order valence-corrected chi connectivity index (χ0v) is 15.2. The van der Waals surface area contributed by atoms with E-state index >= 15 is 0 Å². The summed E-state index contributed by atoms with van der Waals surface area (Å²) < 4.78 is 27.6. The average molecular weight is 349 g/mol. The predicted octanol–water partition coefficient (Wildman–Crippen LogP) is 2.68. The SMILES string of the molecule is CCCNCc1scc(C)c1S(=O)(=O)N1CCCSCC1. The van der Waals surface area contributed by atoms with E-state index in [0.717, 1.165) is 41.3 Å². The van der Waals surface area contributed by atoms with Crippen LogP contribution in [0.2, 0.25) is 0 Å². The monoisotopic (exact) mass is 348 g/mol. The maximum atomic E-state index is 13.0. The van der Waals surface area contributed by atoms with E-state index in [-0.39, 0.29) is 0 Å². The van der Waals surface area contributed by atoms with Crippen molar-refractivity contribution in [3.8, 4) is 0 Å². The maximum absolute atomic E-state index is 13.0. The minimum absolute atomic E-state index is 0.544. The topological polar surface area (TPSA) is 49.4 Å². The summed E-state index contributed by atoms with van der Waals surface area (Å²) in [5, 5.41) is 5.28. The molecule has 4 nitrogen and oxygen atoms in total. The van der Waals surface area contributed by atoms with Gasteiger partial charge in [0.15, 0.2) is 0 Å². The summed E-state index contributed by atoms with van der Waals surface area (Å²) in [5.74, 6) is 1.95. The lowest BCUT2D eigenvalue weighted by Gasteiger charge is -2.20. The van der Waals surface area contributed by atoms with Crippen molar-refractivity contribution >= 4 is 33.1 Å². The highest BCUT2D eigenvalue weighted by Gasteiger charge is 2.30. The van der Waals surface area contributed by atoms with Gasteiger partial charge in [0.25, 0.3) is 0 Å². The summed E-state index contributed by atoms with van der Waals surface area (Å²) in [6.45, 7) is 6.84. The third-order valence-electron chi connectivity index (χ3n) is 3.48. The summed E-state index contributed by atoms with van der Waals surface area (Å²) in [4.78, 5) is 1.49. The van der Waals surface area contributed by atoms with Crippen LogP contribution in [0.25, 0.3) is 0 Å². The van der Waals surface area contributed by atoms with Gasteiger partial charge in [-0.15, -0.1) is 11.3 Å². The molecule has 1 aliphatic heterocycles. The number of sulfonamides is 1. The second kappa shape index (κ2) is 7.97. The van der Waals surface area contributed by atoms with Gasteiger partial charge < -0.3 is 5.32 Å². The largest absolute Gasteiger partial charge is 0.312 e. The van der Waals surface area contributed by atoms with Gasteiger partial charge >= 0.3 is 0 Å². The third-order valence-corrected chi connectivity index (χ3v) is 7.89. The van der Waals surface area contributed by atoms with Crippen LogP contribution < -0.4 is 5.32 Å². The minimum atomic E-state index is -3.35. The highest BCUT2D eigenvalue weighted by molar-refractivity contribution is 7.99. The van der Waals surface area contributed by atoms with E-state index in [4.69, 9.17) is 0 Å². The molecule has 2 rings (SSSR count). The third kappa shape index (κ3) is 4.22. The first-order valence-corrected chi connectivity index (χ1v) is 10.9. The van der Waals surface area contributed by atoms with Crippen molar-refractivity contribution in [1.29, 1.82) is 0 Å². The fraction of sp³-hybridized carbons (Fsp3) is 0.714. The van der Waals surface area contributed by atoms with Crippen molar-refractivity contribution in [2.45, 2.75) is 38.1 Å². The molecule has 0 aromatic carbocycles. The molecular weight excluding hydrogens is 324 g/mol. The Kier molecular flexibility index (Phi) is 6.55. The Labute approximate surface area is 136 Å². The van der Waals surface area contributed by atoms with Crippen LogP contribution >= 0.6 is 23.1 Å². The smallest absolute Gasteiger partial charge is 0.244 e. The van der Waals surface area contributed by atoms with Crippen LogP contribution in [-0.4, -0.2) is 43.9 Å². The lowest BCUT2D eigenvalue weighted by molar-refractivity contribution is 0.434. The molecule has 0 radical (unpaired) electrons. The molecule has 1 fully saturated rings. The highest BCUT2D eigenvalue weighted by atomic mass is 32.2. The molecule has 0 spiro atoms. The Bertz CT molecular complexity index is 547. The molecule has 0 bridgehead atoms. The molecule has 1 saturated heterocycles. The van der Waals surface area contributed by atoms with Crippen LogP contribution in [0.5, 0.6) is 0 Å². The van der Waals surface area contributed by atoms with Gasteiger partial charge in [-0.25, -0.2) is 8.42 Å². The summed E-state index contributed by atoms with van der Waals surface area (Å²) in [6.07, 6.45) is 1.99. The van der Waals surface area contributed by atoms with Gasteiger partial charge in [0, 0.05) is 30.3 Å². The van der Waals surface area contributed by atoms with Crippen LogP contribution in [0.3, 0.4) is 0 Å². The molecule has 0 unspecified atom stereocenters. The van der Waals surface area contributed by atoms with Crippen molar-refractivity contribution in [3.05, 3.63) is 15.8 Å². The van der Waals surface area contributed by atoms with Gasteiger partial charge in [-0.05, 0) is 43.0 Å². The van der Waals surface area contributed by atoms with Gasteiger partial charge in [-0.2, -0.15) is 16.1 Å². The molecule has 2 heterocycles. The molecule has 0 aliphatic carbocycles. The zero-order valence-electron chi connectivity index (χ0n) is 12.7. The van der Waals surface area contributed by atoms with Gasteiger partial charge in [0.1, 0.15) is 4.90 Å². The molecule has 0 atom stereocenters. The van der Waals surface area contributed by atoms with E-state index in [1.807, 2.05) is 24.1 Å². The van der Waals surface area contributed by atoms with Crippen molar-refractivity contribution in [1.82, 2.24) is 9.62 Å². The fourth-order valence-corrected chi connectivity index (χ4v) is 6.64. The van der Waals surface area contributed by atoms with E-state index in [9.17, 15) is 8.42 Å². The van der Waals surface area contributed by atoms with Crippen molar-refractivity contribution in [2.24, 2.45) is 0 Å². The Hall–Kier alpha value is -0.0800. The van der Waals surface area contributed by atoms with Gasteiger partial charge in [-0.3, -0.25) is 0 Å². The lowest BCUT2D eigenvalue weighted by atomic mass is 10.3. The summed E-state index contributed by atoms with van der Waals surface area (Å²) in [7, 11) is -3.35. The van der Waals surface area contributed by atoms with Gasteiger partial charge in [-0.1, -0.05) is 6.92 Å². The predicted molar refractivity (Wildman–Crippen MR) is 91.8 cm³/mol. The van der Waals surface area contributed by atoms with E-state index in [2.05, 4.69) is 12.2 Å². The van der Waals surface area contributed by atoms with Crippen LogP contribution in [0.1, 0.15) is 30.2 Å². The Balaban J connectivity index is 2.23. The van der Waals surface area contributed by atoms with Crippen molar-refractivity contribution in [3.63, 3.8) is 0 Å². The number of aryl methyl sites for hydroxylation is 1. The van der Waals surface area contributed by atoms with E-state index in [0.29, 0.717) is 24.5 Å². The molecular formula is C14H24N2O2S3. The van der Waals surface area contributed by atoms with Gasteiger partial charge in [0.2, 0.25) is 10.0 Å². The Morgan fingerprint density at radius 1 is 1.33 bits per heavy atom. The maximum Gasteiger partial charge on any atom is 0.244 e. The van der Waals surface area contributed by atoms with Crippen LogP contribution in [0.4, 0.5) is 0 Å². The number of hydrogen-bond donors (Lipinski definition) is 1. The molecule has 1 N–H and O–H groups in total. The number of thioether (sulfide) groups is 1. The first kappa shape index (κ1) is 17.3. The molecule has 1 aromatic heterocycles. The standard InChI is InChI=1S/C14H24N2O2S3/c1-3-5-15-10-13-14(12(2)11-20-13)21(17,18)16-6-4-8-19-9-7-16/h11,15H,3-10H2,1-2H3. The van der Waals surface area contributed by atoms with E-state index in [1.54, 1.807) is 15.6 Å². The second-order valence-corrected chi connectivity index (χ2v) is 9.28. The zero-order chi connectivity index (χ0) is 15.3. The van der Waals surface area contributed by atoms with E-state index < -0.39 is 10.0 Å². The number of nitrogens with one attached hydrogen (secondary N) is 1. The summed E-state index contributed by atoms with van der Waals surface area (Å²) in [6, 6.07) is 0. The Morgan fingerprint density at radius 2 is 2.14 bits per heavy atom. The van der Waals surface area contributed by atoms with Crippen molar-refractivity contribution < 1.29 is 8.42 Å². The summed E-state index contributed by atoms with van der Waals surface area (Å²) in [5.41, 5.74) is 0.880. The number of hydrogen-bond acceptors (Lipinski definition) is 5. The normalized spacial score (nSPS) is 17.8. The fourth-order valence-electron chi connectivity index (χ4n) is 2.43. The number of thiophene rings is 1. The van der Waals surface area contributed by atoms with Crippen LogP contribution in [0.15, 0.2) is 10.3 Å². The summed E-state index contributed by atoms with van der Waals surface area (Å²) >= 11 is 3.39. The minimum Gasteiger partial charge on any atom is -0.312 e. The molecule has 1 aromatic rings. The number of nitrogens with zero attached hydrogens (tertiary/aromatic N) is 1. The quantitative estimate of drug-likeness (QED) is 0.803. The Morgan fingerprint density at radius 3 is 2.90 bits per heavy atom. The first-order valence-electron chi connectivity index (χ1n) is 7.43. The molecule has 0 saturated carbocycles. The van der Waals surface area contributed by atoms with Crippen molar-refractivity contribution in [2.75, 3.05) is 31.1 Å². The van der Waals surface area contributed by atoms with Crippen LogP contribution in [-0.2, 0) is 16.6 Å². The molecule has 0 amide bonds. The molecule has 21 heavy (non-hydrogen) atoms. The van der Waals surface area contributed by atoms with Gasteiger partial charge in [0.05, 0.1) is 0 Å². The highest BCUT2D eigenvalue weighted by Crippen LogP contribution is 2.30. The molecule has 120 valence electrons. The second-order valence-electron chi connectivity index (χ2n) is 5.22. The molecule has 1 aliphatic rings. The van der Waals surface area contributed by atoms with Crippen LogP contribution in [0, 0.1) is 6.92 Å². The lowest BCUT2D eigenvalue weighted by Crippen LogP contribution is -2.34. The number of rotatable bonds is 6. The molecule has 7 heteroatoms. The van der Waals surface area contributed by atoms with E-state index in [1.165, 1.54) is 0 Å². The first-order chi connectivity index (χ1) is 10.1.